The second-order valence-electron chi connectivity index (χ2n) is 3.08. The van der Waals surface area contributed by atoms with Gasteiger partial charge in [0.1, 0.15) is 5.75 Å². The van der Waals surface area contributed by atoms with Crippen LogP contribution in [-0.2, 0) is 4.79 Å². The fraction of sp³-hybridized carbons (Fsp3) is 0.100. The summed E-state index contributed by atoms with van der Waals surface area (Å²) in [6, 6.07) is 4.50. The number of aliphatic hydroxyl groups is 1. The maximum Gasteiger partial charge on any atom is 0.337 e. The molecule has 2 rings (SSSR count). The number of rotatable bonds is 2. The minimum atomic E-state index is -1.55. The third-order valence-electron chi connectivity index (χ3n) is 2.15. The Morgan fingerprint density at radius 3 is 2.73 bits per heavy atom. The Balaban J connectivity index is 2.67. The summed E-state index contributed by atoms with van der Waals surface area (Å²) in [5, 5.41) is 29.9. The lowest BCUT2D eigenvalue weighted by atomic mass is 10.1. The number of hydrogen-bond donors (Lipinski definition) is 3. The Hall–Kier alpha value is -1.59. The number of carboxylic acids is 1. The van der Waals surface area contributed by atoms with Crippen molar-refractivity contribution >= 4 is 27.4 Å². The molecule has 0 amide bonds. The van der Waals surface area contributed by atoms with Crippen LogP contribution in [0.25, 0.3) is 10.1 Å². The fourth-order valence-electron chi connectivity index (χ4n) is 1.42. The topological polar surface area (TPSA) is 77.8 Å². The minimum Gasteiger partial charge on any atom is -0.507 e. The average molecular weight is 224 g/mol. The minimum absolute atomic E-state index is 0.0904. The molecule has 0 aliphatic heterocycles. The zero-order valence-corrected chi connectivity index (χ0v) is 8.36. The zero-order chi connectivity index (χ0) is 11.0. The maximum absolute atomic E-state index is 10.6. The molecule has 0 radical (unpaired) electrons. The van der Waals surface area contributed by atoms with Crippen molar-refractivity contribution in [2.24, 2.45) is 0 Å². The van der Waals surface area contributed by atoms with Crippen LogP contribution in [0.2, 0.25) is 0 Å². The van der Waals surface area contributed by atoms with Crippen molar-refractivity contribution in [1.82, 2.24) is 0 Å². The second kappa shape index (κ2) is 3.52. The Morgan fingerprint density at radius 1 is 1.33 bits per heavy atom. The normalized spacial score (nSPS) is 12.9. The monoisotopic (exact) mass is 224 g/mol. The van der Waals surface area contributed by atoms with E-state index in [1.807, 2.05) is 0 Å². The quantitative estimate of drug-likeness (QED) is 0.725. The molecule has 0 saturated carbocycles. The van der Waals surface area contributed by atoms with E-state index in [1.54, 1.807) is 11.4 Å². The van der Waals surface area contributed by atoms with Crippen LogP contribution in [0.3, 0.4) is 0 Å². The van der Waals surface area contributed by atoms with Gasteiger partial charge in [0.05, 0.1) is 0 Å². The predicted molar refractivity (Wildman–Crippen MR) is 56.1 cm³/mol. The van der Waals surface area contributed by atoms with Crippen LogP contribution >= 0.6 is 11.3 Å². The number of phenols is 1. The molecule has 5 heteroatoms. The molecular formula is C10H8O4S. The molecule has 1 heterocycles. The summed E-state index contributed by atoms with van der Waals surface area (Å²) < 4.78 is 0.602. The van der Waals surface area contributed by atoms with Gasteiger partial charge in [-0.25, -0.2) is 4.79 Å². The number of hydrogen-bond acceptors (Lipinski definition) is 4. The highest BCUT2D eigenvalue weighted by Gasteiger charge is 2.20. The van der Waals surface area contributed by atoms with Gasteiger partial charge < -0.3 is 15.3 Å². The van der Waals surface area contributed by atoms with E-state index >= 15 is 0 Å². The number of fused-ring (bicyclic) bond motifs is 1. The van der Waals surface area contributed by atoms with Crippen LogP contribution in [0.1, 0.15) is 11.7 Å². The highest BCUT2D eigenvalue weighted by atomic mass is 32.1. The van der Waals surface area contributed by atoms with Crippen LogP contribution in [0.4, 0.5) is 0 Å². The summed E-state index contributed by atoms with van der Waals surface area (Å²) in [6.45, 7) is 0. The molecule has 1 atom stereocenters. The molecule has 2 aromatic rings. The van der Waals surface area contributed by atoms with Crippen molar-refractivity contribution in [2.75, 3.05) is 0 Å². The molecule has 0 spiro atoms. The molecule has 0 aliphatic rings. The lowest BCUT2D eigenvalue weighted by molar-refractivity contribution is -0.146. The molecule has 0 unspecified atom stereocenters. The van der Waals surface area contributed by atoms with Gasteiger partial charge in [-0.2, -0.15) is 0 Å². The summed E-state index contributed by atoms with van der Waals surface area (Å²) >= 11 is 1.29. The van der Waals surface area contributed by atoms with Crippen molar-refractivity contribution in [3.63, 3.8) is 0 Å². The van der Waals surface area contributed by atoms with E-state index in [1.165, 1.54) is 23.5 Å². The molecule has 15 heavy (non-hydrogen) atoms. The molecule has 78 valence electrons. The van der Waals surface area contributed by atoms with E-state index in [4.69, 9.17) is 5.11 Å². The summed E-state index contributed by atoms with van der Waals surface area (Å²) in [4.78, 5) is 10.6. The van der Waals surface area contributed by atoms with Gasteiger partial charge in [0.2, 0.25) is 0 Å². The van der Waals surface area contributed by atoms with Gasteiger partial charge in [-0.1, -0.05) is 6.07 Å². The highest BCUT2D eigenvalue weighted by molar-refractivity contribution is 7.17. The Kier molecular flexibility index (Phi) is 2.34. The number of carboxylic acid groups (broad SMARTS) is 1. The van der Waals surface area contributed by atoms with Crippen LogP contribution in [-0.4, -0.2) is 21.3 Å². The van der Waals surface area contributed by atoms with Gasteiger partial charge in [0.15, 0.2) is 6.10 Å². The first-order valence-electron chi connectivity index (χ1n) is 4.21. The molecular weight excluding hydrogens is 216 g/mol. The lowest BCUT2D eigenvalue weighted by Crippen LogP contribution is -2.10. The largest absolute Gasteiger partial charge is 0.507 e. The molecule has 0 aliphatic carbocycles. The van der Waals surface area contributed by atoms with Gasteiger partial charge in [0.25, 0.3) is 0 Å². The molecule has 0 fully saturated rings. The third kappa shape index (κ3) is 1.55. The van der Waals surface area contributed by atoms with E-state index in [2.05, 4.69) is 0 Å². The van der Waals surface area contributed by atoms with E-state index in [0.717, 1.165) is 0 Å². The summed E-state index contributed by atoms with van der Waals surface area (Å²) in [7, 11) is 0. The van der Waals surface area contributed by atoms with E-state index in [-0.39, 0.29) is 5.75 Å². The Labute approximate surface area is 89.0 Å². The predicted octanol–water partition coefficient (Wildman–Crippen LogP) is 1.72. The summed E-state index contributed by atoms with van der Waals surface area (Å²) in [5.41, 5.74) is 0.310. The zero-order valence-electron chi connectivity index (χ0n) is 7.54. The Bertz CT molecular complexity index is 517. The number of phenolic OH excluding ortho intramolecular Hbond substituents is 1. The van der Waals surface area contributed by atoms with E-state index in [0.29, 0.717) is 15.6 Å². The van der Waals surface area contributed by atoms with Crippen molar-refractivity contribution in [3.8, 4) is 5.75 Å². The number of benzene rings is 1. The number of carbonyl (C=O) groups is 1. The first-order valence-corrected chi connectivity index (χ1v) is 5.09. The SMILES string of the molecule is O=C(O)[C@H](O)c1ccc(O)c2ccsc12. The second-order valence-corrected chi connectivity index (χ2v) is 3.99. The first kappa shape index (κ1) is 9.95. The maximum atomic E-state index is 10.6. The van der Waals surface area contributed by atoms with Crippen molar-refractivity contribution in [1.29, 1.82) is 0 Å². The number of aliphatic carboxylic acids is 1. The van der Waals surface area contributed by atoms with E-state index < -0.39 is 12.1 Å². The number of aromatic hydroxyl groups is 1. The fourth-order valence-corrected chi connectivity index (χ4v) is 2.37. The Morgan fingerprint density at radius 2 is 2.07 bits per heavy atom. The van der Waals surface area contributed by atoms with Crippen LogP contribution in [0.5, 0.6) is 5.75 Å². The molecule has 1 aromatic carbocycles. The van der Waals surface area contributed by atoms with Gasteiger partial charge in [0, 0.05) is 15.6 Å². The molecule has 0 saturated heterocycles. The van der Waals surface area contributed by atoms with Crippen LogP contribution in [0.15, 0.2) is 23.6 Å². The molecule has 1 aromatic heterocycles. The van der Waals surface area contributed by atoms with Crippen molar-refractivity contribution in [3.05, 3.63) is 29.1 Å². The highest BCUT2D eigenvalue weighted by Crippen LogP contribution is 2.34. The van der Waals surface area contributed by atoms with Crippen molar-refractivity contribution in [2.45, 2.75) is 6.10 Å². The summed E-state index contributed by atoms with van der Waals surface area (Å²) in [5.74, 6) is -1.21. The molecule has 4 nitrogen and oxygen atoms in total. The van der Waals surface area contributed by atoms with Gasteiger partial charge >= 0.3 is 5.97 Å². The van der Waals surface area contributed by atoms with E-state index in [9.17, 15) is 15.0 Å². The van der Waals surface area contributed by atoms with Crippen molar-refractivity contribution < 1.29 is 20.1 Å². The van der Waals surface area contributed by atoms with Crippen LogP contribution < -0.4 is 0 Å². The molecule has 3 N–H and O–H groups in total. The van der Waals surface area contributed by atoms with Gasteiger partial charge in [-0.15, -0.1) is 11.3 Å². The number of thiophene rings is 1. The summed E-state index contributed by atoms with van der Waals surface area (Å²) in [6.07, 6.45) is -1.55. The smallest absolute Gasteiger partial charge is 0.337 e. The standard InChI is InChI=1S/C10H8O4S/c11-7-2-1-6(8(12)10(13)14)9-5(7)3-4-15-9/h1-4,8,11-12H,(H,13,14)/t8-/m1/s1. The lowest BCUT2D eigenvalue weighted by Gasteiger charge is -2.07. The third-order valence-corrected chi connectivity index (χ3v) is 3.12. The molecule has 0 bridgehead atoms. The van der Waals surface area contributed by atoms with Gasteiger partial charge in [-0.3, -0.25) is 0 Å². The van der Waals surface area contributed by atoms with Gasteiger partial charge in [-0.05, 0) is 17.5 Å². The van der Waals surface area contributed by atoms with Crippen LogP contribution in [0, 0.1) is 0 Å². The first-order chi connectivity index (χ1) is 7.11. The average Bonchev–Trinajstić information content (AvgIpc) is 2.66. The number of aliphatic hydroxyl groups excluding tert-OH is 1.